The number of nitrogens with one attached hydrogen (secondary N) is 1. The van der Waals surface area contributed by atoms with E-state index in [1.807, 2.05) is 24.3 Å². The molecule has 7 nitrogen and oxygen atoms in total. The van der Waals surface area contributed by atoms with Crippen LogP contribution in [-0.2, 0) is 9.53 Å². The SMILES string of the molecule is O=C(CSc1nnc2c(Cl)cc(Cl)cn12)Nc1ccc(N2CCOCC2)cc1. The van der Waals surface area contributed by atoms with E-state index in [0.717, 1.165) is 37.7 Å². The molecule has 0 aliphatic carbocycles. The zero-order valence-corrected chi connectivity index (χ0v) is 17.1. The number of carbonyl (C=O) groups is 1. The van der Waals surface area contributed by atoms with Crippen molar-refractivity contribution in [2.75, 3.05) is 42.3 Å². The predicted molar refractivity (Wildman–Crippen MR) is 112 cm³/mol. The maximum absolute atomic E-state index is 12.3. The molecule has 146 valence electrons. The van der Waals surface area contributed by atoms with E-state index in [-0.39, 0.29) is 11.7 Å². The summed E-state index contributed by atoms with van der Waals surface area (Å²) in [5.41, 5.74) is 2.38. The van der Waals surface area contributed by atoms with Gasteiger partial charge in [0.2, 0.25) is 5.91 Å². The summed E-state index contributed by atoms with van der Waals surface area (Å²) in [5.74, 6) is 0.0601. The average molecular weight is 438 g/mol. The number of fused-ring (bicyclic) bond motifs is 1. The van der Waals surface area contributed by atoms with Crippen LogP contribution in [-0.4, -0.2) is 52.6 Å². The predicted octanol–water partition coefficient (Wildman–Crippen LogP) is 3.60. The molecule has 1 aliphatic heterocycles. The van der Waals surface area contributed by atoms with Crippen LogP contribution in [0.2, 0.25) is 10.0 Å². The molecule has 1 fully saturated rings. The van der Waals surface area contributed by atoms with Crippen LogP contribution in [0.25, 0.3) is 5.65 Å². The van der Waals surface area contributed by atoms with Crippen molar-refractivity contribution in [3.8, 4) is 0 Å². The van der Waals surface area contributed by atoms with Crippen LogP contribution in [0.1, 0.15) is 0 Å². The molecule has 0 unspecified atom stereocenters. The lowest BCUT2D eigenvalue weighted by molar-refractivity contribution is -0.113. The summed E-state index contributed by atoms with van der Waals surface area (Å²) in [6, 6.07) is 9.42. The highest BCUT2D eigenvalue weighted by atomic mass is 35.5. The number of morpholine rings is 1. The highest BCUT2D eigenvalue weighted by Crippen LogP contribution is 2.25. The Hall–Kier alpha value is -2.00. The lowest BCUT2D eigenvalue weighted by Crippen LogP contribution is -2.36. The molecule has 1 N–H and O–H groups in total. The summed E-state index contributed by atoms with van der Waals surface area (Å²) in [5, 5.41) is 12.4. The van der Waals surface area contributed by atoms with E-state index in [1.54, 1.807) is 16.7 Å². The minimum absolute atomic E-state index is 0.131. The zero-order chi connectivity index (χ0) is 19.5. The largest absolute Gasteiger partial charge is 0.378 e. The molecule has 1 amide bonds. The number of aromatic nitrogens is 3. The van der Waals surface area contributed by atoms with Gasteiger partial charge in [-0.2, -0.15) is 0 Å². The number of pyridine rings is 1. The first-order chi connectivity index (χ1) is 13.6. The molecule has 4 rings (SSSR count). The van der Waals surface area contributed by atoms with Crippen LogP contribution < -0.4 is 10.2 Å². The number of amides is 1. The Labute approximate surface area is 176 Å². The first-order valence-corrected chi connectivity index (χ1v) is 10.4. The standard InChI is InChI=1S/C18H17Cl2N5O2S/c19-12-9-15(20)17-22-23-18(25(17)10-12)28-11-16(26)21-13-1-3-14(4-2-13)24-5-7-27-8-6-24/h1-4,9-10H,5-8,11H2,(H,21,26). The van der Waals surface area contributed by atoms with Gasteiger partial charge in [0, 0.05) is 30.7 Å². The molecule has 0 saturated carbocycles. The number of halogens is 2. The molecule has 0 spiro atoms. The van der Waals surface area contributed by atoms with Crippen LogP contribution >= 0.6 is 35.0 Å². The quantitative estimate of drug-likeness (QED) is 0.614. The van der Waals surface area contributed by atoms with Crippen LogP contribution in [0, 0.1) is 0 Å². The third-order valence-electron chi connectivity index (χ3n) is 4.25. The fourth-order valence-electron chi connectivity index (χ4n) is 2.91. The van der Waals surface area contributed by atoms with Crippen molar-refractivity contribution in [1.82, 2.24) is 14.6 Å². The molecular weight excluding hydrogens is 421 g/mol. The van der Waals surface area contributed by atoms with Gasteiger partial charge in [-0.15, -0.1) is 10.2 Å². The molecule has 10 heteroatoms. The summed E-state index contributed by atoms with van der Waals surface area (Å²) in [6.45, 7) is 3.23. The average Bonchev–Trinajstić information content (AvgIpc) is 3.11. The first kappa shape index (κ1) is 19.3. The van der Waals surface area contributed by atoms with Crippen molar-refractivity contribution in [3.63, 3.8) is 0 Å². The summed E-state index contributed by atoms with van der Waals surface area (Å²) in [7, 11) is 0. The van der Waals surface area contributed by atoms with Crippen molar-refractivity contribution >= 4 is 57.9 Å². The van der Waals surface area contributed by atoms with Gasteiger partial charge in [0.1, 0.15) is 0 Å². The zero-order valence-electron chi connectivity index (χ0n) is 14.8. The van der Waals surface area contributed by atoms with Gasteiger partial charge in [-0.3, -0.25) is 9.20 Å². The van der Waals surface area contributed by atoms with Crippen molar-refractivity contribution in [2.45, 2.75) is 5.16 Å². The van der Waals surface area contributed by atoms with Crippen LogP contribution in [0.4, 0.5) is 11.4 Å². The highest BCUT2D eigenvalue weighted by Gasteiger charge is 2.13. The van der Waals surface area contributed by atoms with Crippen molar-refractivity contribution in [2.24, 2.45) is 0 Å². The second-order valence-electron chi connectivity index (χ2n) is 6.17. The van der Waals surface area contributed by atoms with E-state index in [0.29, 0.717) is 20.8 Å². The van der Waals surface area contributed by atoms with Crippen molar-refractivity contribution in [3.05, 3.63) is 46.6 Å². The van der Waals surface area contributed by atoms with Crippen molar-refractivity contribution < 1.29 is 9.53 Å². The lowest BCUT2D eigenvalue weighted by Gasteiger charge is -2.28. The molecule has 0 bridgehead atoms. The van der Waals surface area contributed by atoms with E-state index in [9.17, 15) is 4.79 Å². The summed E-state index contributed by atoms with van der Waals surface area (Å²) in [4.78, 5) is 14.6. The second-order valence-corrected chi connectivity index (χ2v) is 7.95. The lowest BCUT2D eigenvalue weighted by atomic mass is 10.2. The van der Waals surface area contributed by atoms with Gasteiger partial charge in [-0.05, 0) is 30.3 Å². The van der Waals surface area contributed by atoms with E-state index >= 15 is 0 Å². The van der Waals surface area contributed by atoms with Gasteiger partial charge >= 0.3 is 0 Å². The number of rotatable bonds is 5. The first-order valence-electron chi connectivity index (χ1n) is 8.65. The van der Waals surface area contributed by atoms with Gasteiger partial charge in [0.05, 0.1) is 29.0 Å². The van der Waals surface area contributed by atoms with Crippen LogP contribution in [0.15, 0.2) is 41.7 Å². The number of anilines is 2. The van der Waals surface area contributed by atoms with Gasteiger partial charge in [-0.25, -0.2) is 0 Å². The Morgan fingerprint density at radius 1 is 1.18 bits per heavy atom. The Balaban J connectivity index is 1.36. The number of ether oxygens (including phenoxy) is 1. The number of nitrogens with zero attached hydrogens (tertiary/aromatic N) is 4. The number of hydrogen-bond donors (Lipinski definition) is 1. The van der Waals surface area contributed by atoms with Crippen LogP contribution in [0.5, 0.6) is 0 Å². The maximum atomic E-state index is 12.3. The molecule has 28 heavy (non-hydrogen) atoms. The second kappa shape index (κ2) is 8.57. The highest BCUT2D eigenvalue weighted by molar-refractivity contribution is 7.99. The third-order valence-corrected chi connectivity index (χ3v) is 5.68. The van der Waals surface area contributed by atoms with E-state index in [2.05, 4.69) is 20.4 Å². The molecule has 1 aliphatic rings. The van der Waals surface area contributed by atoms with E-state index < -0.39 is 0 Å². The maximum Gasteiger partial charge on any atom is 0.234 e. The van der Waals surface area contributed by atoms with E-state index in [1.165, 1.54) is 11.8 Å². The number of carbonyl (C=O) groups excluding carboxylic acids is 1. The molecule has 1 aromatic carbocycles. The van der Waals surface area contributed by atoms with Gasteiger partial charge in [-0.1, -0.05) is 35.0 Å². The molecule has 0 radical (unpaired) electrons. The topological polar surface area (TPSA) is 71.8 Å². The molecule has 2 aromatic heterocycles. The minimum atomic E-state index is -0.131. The van der Waals surface area contributed by atoms with Gasteiger partial charge in [0.25, 0.3) is 0 Å². The molecular formula is C18H17Cl2N5O2S. The Bertz CT molecular complexity index is 990. The van der Waals surface area contributed by atoms with Gasteiger partial charge < -0.3 is 15.0 Å². The fraction of sp³-hybridized carbons (Fsp3) is 0.278. The number of hydrogen-bond acceptors (Lipinski definition) is 6. The fourth-order valence-corrected chi connectivity index (χ4v) is 4.12. The summed E-state index contributed by atoms with van der Waals surface area (Å²) in [6.07, 6.45) is 1.67. The van der Waals surface area contributed by atoms with Gasteiger partial charge in [0.15, 0.2) is 10.8 Å². The Morgan fingerprint density at radius 2 is 1.93 bits per heavy atom. The van der Waals surface area contributed by atoms with E-state index in [4.69, 9.17) is 27.9 Å². The molecule has 0 atom stereocenters. The normalized spacial score (nSPS) is 14.4. The summed E-state index contributed by atoms with van der Waals surface area (Å²) >= 11 is 13.4. The molecule has 3 aromatic rings. The third kappa shape index (κ3) is 4.35. The molecule has 3 heterocycles. The Morgan fingerprint density at radius 3 is 2.68 bits per heavy atom. The summed E-state index contributed by atoms with van der Waals surface area (Å²) < 4.78 is 7.05. The smallest absolute Gasteiger partial charge is 0.234 e. The van der Waals surface area contributed by atoms with Crippen molar-refractivity contribution in [1.29, 1.82) is 0 Å². The monoisotopic (exact) mass is 437 g/mol. The van der Waals surface area contributed by atoms with Crippen LogP contribution in [0.3, 0.4) is 0 Å². The Kier molecular flexibility index (Phi) is 5.91. The number of benzene rings is 1. The molecule has 1 saturated heterocycles. The minimum Gasteiger partial charge on any atom is -0.378 e. The number of thioether (sulfide) groups is 1.